The van der Waals surface area contributed by atoms with E-state index in [1.165, 1.54) is 0 Å². The molecule has 2 heterocycles. The molecule has 212 valence electrons. The third kappa shape index (κ3) is 5.32. The van der Waals surface area contributed by atoms with Crippen molar-refractivity contribution in [1.29, 1.82) is 0 Å². The van der Waals surface area contributed by atoms with Crippen LogP contribution in [0.2, 0.25) is 0 Å². The van der Waals surface area contributed by atoms with Crippen molar-refractivity contribution in [3.63, 3.8) is 0 Å². The maximum atomic E-state index is 15.3. The Kier molecular flexibility index (Phi) is 7.05. The van der Waals surface area contributed by atoms with Crippen LogP contribution in [-0.4, -0.2) is 42.2 Å². The molecular formula is C31H31BrFN5O3. The van der Waals surface area contributed by atoms with Gasteiger partial charge in [0.2, 0.25) is 5.91 Å². The number of halogens is 2. The second-order valence-electron chi connectivity index (χ2n) is 11.4. The molecule has 3 aromatic rings. The molecule has 8 nitrogen and oxygen atoms in total. The third-order valence-electron chi connectivity index (χ3n) is 8.22. The molecule has 0 saturated heterocycles. The van der Waals surface area contributed by atoms with Gasteiger partial charge in [0, 0.05) is 52.3 Å². The SMILES string of the molecule is C[C@]1(C(N)=O)COc2c1cc([C@@H](CNC(=O)c1ccc(N)c(C=NC3CC3)c1)C1CC1)nc2-c1cccc(Br)c1F. The van der Waals surface area contributed by atoms with Crippen molar-refractivity contribution in [2.24, 2.45) is 16.6 Å². The van der Waals surface area contributed by atoms with Crippen LogP contribution in [0, 0.1) is 11.7 Å². The van der Waals surface area contributed by atoms with Crippen molar-refractivity contribution < 1.29 is 18.7 Å². The Bertz CT molecular complexity index is 1590. The Morgan fingerprint density at radius 1 is 1.24 bits per heavy atom. The van der Waals surface area contributed by atoms with Crippen LogP contribution in [0.3, 0.4) is 0 Å². The quantitative estimate of drug-likeness (QED) is 0.232. The second kappa shape index (κ2) is 10.6. The number of nitrogens with two attached hydrogens (primary N) is 2. The zero-order valence-electron chi connectivity index (χ0n) is 22.6. The minimum Gasteiger partial charge on any atom is -0.489 e. The normalized spacial score (nSPS) is 20.5. The van der Waals surface area contributed by atoms with Gasteiger partial charge >= 0.3 is 0 Å². The van der Waals surface area contributed by atoms with E-state index in [9.17, 15) is 9.59 Å². The summed E-state index contributed by atoms with van der Waals surface area (Å²) in [6, 6.07) is 12.3. The molecule has 10 heteroatoms. The number of fused-ring (bicyclic) bond motifs is 1. The fourth-order valence-electron chi connectivity index (χ4n) is 5.22. The van der Waals surface area contributed by atoms with Gasteiger partial charge in [0.05, 0.1) is 10.5 Å². The number of aromatic nitrogens is 1. The van der Waals surface area contributed by atoms with Gasteiger partial charge in [-0.05, 0) is 90.9 Å². The Labute approximate surface area is 245 Å². The van der Waals surface area contributed by atoms with E-state index >= 15 is 4.39 Å². The fourth-order valence-corrected chi connectivity index (χ4v) is 5.59. The van der Waals surface area contributed by atoms with Gasteiger partial charge in [-0.2, -0.15) is 0 Å². The molecule has 1 aromatic heterocycles. The van der Waals surface area contributed by atoms with Gasteiger partial charge in [-0.25, -0.2) is 9.37 Å². The van der Waals surface area contributed by atoms with Crippen molar-refractivity contribution in [3.05, 3.63) is 75.1 Å². The predicted molar refractivity (Wildman–Crippen MR) is 159 cm³/mol. The van der Waals surface area contributed by atoms with Crippen molar-refractivity contribution in [1.82, 2.24) is 10.3 Å². The summed E-state index contributed by atoms with van der Waals surface area (Å²) in [7, 11) is 0. The molecule has 2 amide bonds. The number of benzene rings is 2. The van der Waals surface area contributed by atoms with E-state index in [4.69, 9.17) is 21.2 Å². The number of hydrogen-bond acceptors (Lipinski definition) is 6. The number of ether oxygens (including phenoxy) is 1. The molecule has 0 bridgehead atoms. The topological polar surface area (TPSA) is 133 Å². The fraction of sp³-hybridized carbons (Fsp3) is 0.355. The highest BCUT2D eigenvalue weighted by Crippen LogP contribution is 2.49. The van der Waals surface area contributed by atoms with E-state index in [0.717, 1.165) is 31.2 Å². The molecule has 0 spiro atoms. The number of anilines is 1. The molecule has 2 fully saturated rings. The number of carbonyl (C=O) groups excluding carboxylic acids is 2. The number of hydrogen-bond donors (Lipinski definition) is 3. The first-order valence-corrected chi connectivity index (χ1v) is 14.6. The van der Waals surface area contributed by atoms with Gasteiger partial charge in [0.15, 0.2) is 0 Å². The van der Waals surface area contributed by atoms with Gasteiger partial charge < -0.3 is 21.5 Å². The van der Waals surface area contributed by atoms with Gasteiger partial charge in [-0.1, -0.05) is 6.07 Å². The molecule has 41 heavy (non-hydrogen) atoms. The minimum absolute atomic E-state index is 0.0414. The van der Waals surface area contributed by atoms with Crippen LogP contribution in [0.5, 0.6) is 5.75 Å². The number of primary amides is 1. The number of nitrogens with one attached hydrogen (secondary N) is 1. The molecule has 2 aliphatic carbocycles. The number of rotatable bonds is 9. The number of nitrogen functional groups attached to an aromatic ring is 1. The van der Waals surface area contributed by atoms with E-state index in [1.807, 2.05) is 6.07 Å². The molecule has 2 aromatic carbocycles. The number of carbonyl (C=O) groups is 2. The lowest BCUT2D eigenvalue weighted by Crippen LogP contribution is -2.40. The van der Waals surface area contributed by atoms with E-state index < -0.39 is 17.1 Å². The number of aliphatic imine (C=N–C) groups is 1. The summed E-state index contributed by atoms with van der Waals surface area (Å²) in [6.45, 7) is 2.09. The average Bonchev–Trinajstić information content (AvgIpc) is 3.89. The highest BCUT2D eigenvalue weighted by molar-refractivity contribution is 9.10. The van der Waals surface area contributed by atoms with Crippen molar-refractivity contribution in [2.45, 2.75) is 50.0 Å². The number of pyridine rings is 1. The Balaban J connectivity index is 1.33. The molecule has 2 saturated carbocycles. The lowest BCUT2D eigenvalue weighted by molar-refractivity contribution is -0.123. The maximum absolute atomic E-state index is 15.3. The molecule has 2 atom stereocenters. The maximum Gasteiger partial charge on any atom is 0.251 e. The first-order chi connectivity index (χ1) is 19.7. The van der Waals surface area contributed by atoms with Crippen LogP contribution in [-0.2, 0) is 10.2 Å². The lowest BCUT2D eigenvalue weighted by atomic mass is 9.82. The van der Waals surface area contributed by atoms with Crippen LogP contribution in [0.15, 0.2) is 51.9 Å². The molecule has 6 rings (SSSR count). The van der Waals surface area contributed by atoms with Crippen molar-refractivity contribution in [2.75, 3.05) is 18.9 Å². The summed E-state index contributed by atoms with van der Waals surface area (Å²) < 4.78 is 21.5. The smallest absolute Gasteiger partial charge is 0.251 e. The van der Waals surface area contributed by atoms with Crippen LogP contribution in [0.1, 0.15) is 65.7 Å². The van der Waals surface area contributed by atoms with E-state index in [1.54, 1.807) is 49.5 Å². The summed E-state index contributed by atoms with van der Waals surface area (Å²) in [5.74, 6) is -0.753. The van der Waals surface area contributed by atoms with Gasteiger partial charge in [0.25, 0.3) is 5.91 Å². The standard InChI is InChI=1S/C31H31BrFN5O3/c1-31(30(35)40)15-41-28-22(31)12-25(38-27(28)20-3-2-4-23(32)26(20)33)21(16-5-6-16)14-37-29(39)17-7-10-24(34)18(11-17)13-36-19-8-9-19/h2-4,7,10-13,16,19,21H,5-6,8-9,14-15,34H2,1H3,(H2,35,40)(H,37,39)/t21-,31-/m0/s1. The van der Waals surface area contributed by atoms with E-state index in [2.05, 4.69) is 26.2 Å². The summed E-state index contributed by atoms with van der Waals surface area (Å²) in [6.07, 6.45) is 5.86. The van der Waals surface area contributed by atoms with Crippen LogP contribution in [0.25, 0.3) is 11.3 Å². The highest BCUT2D eigenvalue weighted by Gasteiger charge is 2.45. The summed E-state index contributed by atoms with van der Waals surface area (Å²) in [5.41, 5.74) is 14.4. The Morgan fingerprint density at radius 3 is 2.73 bits per heavy atom. The van der Waals surface area contributed by atoms with E-state index in [0.29, 0.717) is 51.0 Å². The highest BCUT2D eigenvalue weighted by atomic mass is 79.9. The minimum atomic E-state index is -1.09. The zero-order valence-corrected chi connectivity index (χ0v) is 24.2. The molecule has 0 unspecified atom stereocenters. The summed E-state index contributed by atoms with van der Waals surface area (Å²) >= 11 is 3.26. The average molecular weight is 621 g/mol. The van der Waals surface area contributed by atoms with Crippen molar-refractivity contribution >= 4 is 39.6 Å². The van der Waals surface area contributed by atoms with Gasteiger partial charge in [-0.3, -0.25) is 14.6 Å². The van der Waals surface area contributed by atoms with Crippen LogP contribution < -0.4 is 21.5 Å². The number of amides is 2. The first kappa shape index (κ1) is 27.4. The first-order valence-electron chi connectivity index (χ1n) is 13.8. The molecule has 0 radical (unpaired) electrons. The lowest BCUT2D eigenvalue weighted by Gasteiger charge is -2.22. The Morgan fingerprint density at radius 2 is 2.02 bits per heavy atom. The largest absolute Gasteiger partial charge is 0.489 e. The Hall–Kier alpha value is -3.79. The summed E-state index contributed by atoms with van der Waals surface area (Å²) in [4.78, 5) is 35.2. The zero-order chi connectivity index (χ0) is 28.9. The molecular weight excluding hydrogens is 589 g/mol. The summed E-state index contributed by atoms with van der Waals surface area (Å²) in [5, 5.41) is 3.07. The van der Waals surface area contributed by atoms with E-state index in [-0.39, 0.29) is 29.9 Å². The van der Waals surface area contributed by atoms with Gasteiger partial charge in [0.1, 0.15) is 29.3 Å². The third-order valence-corrected chi connectivity index (χ3v) is 8.83. The number of nitrogens with zero attached hydrogens (tertiary/aromatic N) is 2. The molecule has 3 aliphatic rings. The van der Waals surface area contributed by atoms with Crippen molar-refractivity contribution in [3.8, 4) is 17.0 Å². The monoisotopic (exact) mass is 619 g/mol. The predicted octanol–water partition coefficient (Wildman–Crippen LogP) is 4.87. The molecule has 5 N–H and O–H groups in total. The van der Waals surface area contributed by atoms with Crippen LogP contribution >= 0.6 is 15.9 Å². The van der Waals surface area contributed by atoms with Gasteiger partial charge in [-0.15, -0.1) is 0 Å². The second-order valence-corrected chi connectivity index (χ2v) is 12.2. The van der Waals surface area contributed by atoms with Crippen LogP contribution in [0.4, 0.5) is 10.1 Å². The molecule has 1 aliphatic heterocycles.